The van der Waals surface area contributed by atoms with Crippen molar-refractivity contribution in [3.05, 3.63) is 53.9 Å². The van der Waals surface area contributed by atoms with E-state index in [0.29, 0.717) is 19.1 Å². The van der Waals surface area contributed by atoms with Gasteiger partial charge in [-0.2, -0.15) is 5.10 Å². The van der Waals surface area contributed by atoms with Crippen molar-refractivity contribution < 1.29 is 4.74 Å². The van der Waals surface area contributed by atoms with E-state index >= 15 is 0 Å². The molecule has 1 aromatic heterocycles. The van der Waals surface area contributed by atoms with Crippen LogP contribution in [0.2, 0.25) is 0 Å². The topological polar surface area (TPSA) is 66.7 Å². The molecule has 0 aliphatic heterocycles. The molecule has 0 radical (unpaired) electrons. The molecule has 0 aliphatic carbocycles. The van der Waals surface area contributed by atoms with Crippen molar-refractivity contribution in [1.82, 2.24) is 25.3 Å². The Kier molecular flexibility index (Phi) is 8.97. The summed E-state index contributed by atoms with van der Waals surface area (Å²) in [5.74, 6) is 1.18. The molecule has 2 rings (SSSR count). The lowest BCUT2D eigenvalue weighted by atomic mass is 10.1. The molecule has 0 saturated heterocycles. The second-order valence-electron chi connectivity index (χ2n) is 7.37. The molecule has 0 bridgehead atoms. The Bertz CT molecular complexity index is 713. The van der Waals surface area contributed by atoms with Gasteiger partial charge in [0, 0.05) is 38.9 Å². The van der Waals surface area contributed by atoms with Gasteiger partial charge in [0.1, 0.15) is 0 Å². The molecule has 2 aromatic rings. The number of aryl methyl sites for hydroxylation is 1. The molecule has 28 heavy (non-hydrogen) atoms. The maximum absolute atomic E-state index is 5.82. The van der Waals surface area contributed by atoms with Gasteiger partial charge >= 0.3 is 0 Å². The number of aliphatic imine (C=N–C) groups is 1. The Balaban J connectivity index is 1.72. The molecule has 1 aromatic carbocycles. The van der Waals surface area contributed by atoms with Crippen LogP contribution < -0.4 is 10.6 Å². The van der Waals surface area contributed by atoms with Crippen LogP contribution in [0.15, 0.2) is 47.7 Å². The van der Waals surface area contributed by atoms with E-state index in [1.54, 1.807) is 7.05 Å². The Hall–Kier alpha value is -2.38. The van der Waals surface area contributed by atoms with Gasteiger partial charge in [-0.05, 0) is 25.6 Å². The third kappa shape index (κ3) is 7.32. The van der Waals surface area contributed by atoms with Crippen molar-refractivity contribution in [2.45, 2.75) is 19.6 Å². The number of ether oxygens (including phenoxy) is 1. The molecule has 154 valence electrons. The monoisotopic (exact) mass is 386 g/mol. The van der Waals surface area contributed by atoms with Crippen LogP contribution in [-0.2, 0) is 18.4 Å². The van der Waals surface area contributed by atoms with E-state index in [9.17, 15) is 0 Å². The van der Waals surface area contributed by atoms with E-state index in [2.05, 4.69) is 65.0 Å². The Morgan fingerprint density at radius 3 is 2.54 bits per heavy atom. The summed E-state index contributed by atoms with van der Waals surface area (Å²) in [6.45, 7) is 5.07. The van der Waals surface area contributed by atoms with Crippen molar-refractivity contribution in [3.63, 3.8) is 0 Å². The average Bonchev–Trinajstić information content (AvgIpc) is 3.11. The summed E-state index contributed by atoms with van der Waals surface area (Å²) >= 11 is 0. The average molecular weight is 387 g/mol. The van der Waals surface area contributed by atoms with Crippen LogP contribution in [0, 0.1) is 5.92 Å². The summed E-state index contributed by atoms with van der Waals surface area (Å²) in [5, 5.41) is 11.1. The van der Waals surface area contributed by atoms with Crippen LogP contribution in [0.25, 0.3) is 0 Å². The van der Waals surface area contributed by atoms with Gasteiger partial charge in [-0.3, -0.25) is 9.67 Å². The Morgan fingerprint density at radius 1 is 1.21 bits per heavy atom. The fraction of sp³-hybridized carbons (Fsp3) is 0.524. The maximum atomic E-state index is 5.82. The van der Waals surface area contributed by atoms with Gasteiger partial charge < -0.3 is 20.3 Å². The quantitative estimate of drug-likeness (QED) is 0.483. The highest BCUT2D eigenvalue weighted by atomic mass is 16.5. The second-order valence-corrected chi connectivity index (χ2v) is 7.37. The van der Waals surface area contributed by atoms with Crippen LogP contribution in [0.5, 0.6) is 0 Å². The van der Waals surface area contributed by atoms with Crippen LogP contribution in [0.3, 0.4) is 0 Å². The number of nitrogens with zero attached hydrogens (tertiary/aromatic N) is 4. The van der Waals surface area contributed by atoms with E-state index in [1.165, 1.54) is 11.1 Å². The number of nitrogens with one attached hydrogen (secondary N) is 2. The minimum absolute atomic E-state index is 0.221. The van der Waals surface area contributed by atoms with Crippen molar-refractivity contribution >= 4 is 5.96 Å². The first-order chi connectivity index (χ1) is 13.5. The van der Waals surface area contributed by atoms with Gasteiger partial charge in [0.2, 0.25) is 0 Å². The number of aromatic nitrogens is 2. The summed E-state index contributed by atoms with van der Waals surface area (Å²) in [4.78, 5) is 6.51. The van der Waals surface area contributed by atoms with E-state index in [1.807, 2.05) is 36.1 Å². The van der Waals surface area contributed by atoms with E-state index in [0.717, 1.165) is 19.0 Å². The highest BCUT2D eigenvalue weighted by Crippen LogP contribution is 2.16. The zero-order valence-electron chi connectivity index (χ0n) is 17.7. The predicted molar refractivity (Wildman–Crippen MR) is 114 cm³/mol. The zero-order chi connectivity index (χ0) is 20.4. The van der Waals surface area contributed by atoms with E-state index < -0.39 is 0 Å². The fourth-order valence-electron chi connectivity index (χ4n) is 2.91. The van der Waals surface area contributed by atoms with Crippen LogP contribution in [-0.4, -0.2) is 61.5 Å². The third-order valence-electron chi connectivity index (χ3n) is 4.55. The van der Waals surface area contributed by atoms with Crippen molar-refractivity contribution in [3.8, 4) is 0 Å². The largest absolute Gasteiger partial charge is 0.376 e. The predicted octanol–water partition coefficient (Wildman–Crippen LogP) is 2.04. The van der Waals surface area contributed by atoms with Gasteiger partial charge in [0.15, 0.2) is 5.96 Å². The number of guanidine groups is 1. The highest BCUT2D eigenvalue weighted by Gasteiger charge is 2.16. The molecule has 0 fully saturated rings. The first-order valence-corrected chi connectivity index (χ1v) is 9.70. The first kappa shape index (κ1) is 21.9. The molecule has 0 aliphatic rings. The van der Waals surface area contributed by atoms with Crippen molar-refractivity contribution in [1.29, 1.82) is 0 Å². The summed E-state index contributed by atoms with van der Waals surface area (Å²) < 4.78 is 7.65. The molecule has 0 saturated carbocycles. The first-order valence-electron chi connectivity index (χ1n) is 9.70. The summed E-state index contributed by atoms with van der Waals surface area (Å²) in [7, 11) is 7.87. The molecule has 7 heteroatoms. The molecule has 0 spiro atoms. The minimum Gasteiger partial charge on any atom is -0.376 e. The molecule has 0 amide bonds. The van der Waals surface area contributed by atoms with Crippen LogP contribution in [0.4, 0.5) is 0 Å². The number of rotatable bonds is 10. The molecule has 7 nitrogen and oxygen atoms in total. The lowest BCUT2D eigenvalue weighted by Crippen LogP contribution is -2.43. The summed E-state index contributed by atoms with van der Waals surface area (Å²) in [5.41, 5.74) is 2.38. The maximum Gasteiger partial charge on any atom is 0.191 e. The van der Waals surface area contributed by atoms with Crippen LogP contribution >= 0.6 is 0 Å². The number of benzene rings is 1. The minimum atomic E-state index is 0.221. The van der Waals surface area contributed by atoms with Crippen LogP contribution in [0.1, 0.15) is 24.1 Å². The molecule has 2 unspecified atom stereocenters. The number of hydrogen-bond donors (Lipinski definition) is 2. The lowest BCUT2D eigenvalue weighted by Gasteiger charge is -2.25. The molecule has 2 N–H and O–H groups in total. The molecular weight excluding hydrogens is 352 g/mol. The highest BCUT2D eigenvalue weighted by molar-refractivity contribution is 5.79. The van der Waals surface area contributed by atoms with Gasteiger partial charge in [-0.1, -0.05) is 37.3 Å². The van der Waals surface area contributed by atoms with Gasteiger partial charge in [-0.15, -0.1) is 0 Å². The molecule has 1 heterocycles. The summed E-state index contributed by atoms with van der Waals surface area (Å²) in [6.07, 6.45) is 3.96. The standard InChI is InChI=1S/C21H34N6O/c1-17(15-28-16-18-9-7-6-8-10-18)11-23-21(22-2)24-13-20(26(3)4)19-12-25-27(5)14-19/h6-10,12,14,17,20H,11,13,15-16H2,1-5H3,(H2,22,23,24). The molecular formula is C21H34N6O. The van der Waals surface area contributed by atoms with Gasteiger partial charge in [-0.25, -0.2) is 0 Å². The van der Waals surface area contributed by atoms with Crippen molar-refractivity contribution in [2.75, 3.05) is 40.8 Å². The zero-order valence-corrected chi connectivity index (χ0v) is 17.7. The second kappa shape index (κ2) is 11.5. The normalized spacial score (nSPS) is 14.1. The lowest BCUT2D eigenvalue weighted by molar-refractivity contribution is 0.0931. The van der Waals surface area contributed by atoms with Gasteiger partial charge in [0.25, 0.3) is 0 Å². The Morgan fingerprint density at radius 2 is 1.93 bits per heavy atom. The SMILES string of the molecule is CN=C(NCC(C)COCc1ccccc1)NCC(c1cnn(C)c1)N(C)C. The summed E-state index contributed by atoms with van der Waals surface area (Å²) in [6, 6.07) is 10.5. The van der Waals surface area contributed by atoms with Crippen molar-refractivity contribution in [2.24, 2.45) is 18.0 Å². The fourth-order valence-corrected chi connectivity index (χ4v) is 2.91. The van der Waals surface area contributed by atoms with Gasteiger partial charge in [0.05, 0.1) is 25.5 Å². The molecule has 2 atom stereocenters. The van der Waals surface area contributed by atoms with E-state index in [4.69, 9.17) is 4.74 Å². The smallest absolute Gasteiger partial charge is 0.191 e. The Labute approximate surface area is 168 Å². The van der Waals surface area contributed by atoms with E-state index in [-0.39, 0.29) is 6.04 Å². The number of hydrogen-bond acceptors (Lipinski definition) is 4. The number of likely N-dealkylation sites (N-methyl/N-ethyl adjacent to an activating group) is 1. The third-order valence-corrected chi connectivity index (χ3v) is 4.55.